The van der Waals surface area contributed by atoms with Crippen molar-refractivity contribution < 1.29 is 4.79 Å². The van der Waals surface area contributed by atoms with E-state index in [1.165, 1.54) is 0 Å². The van der Waals surface area contributed by atoms with Crippen molar-refractivity contribution in [3.8, 4) is 0 Å². The van der Waals surface area contributed by atoms with Crippen molar-refractivity contribution in [1.29, 1.82) is 0 Å². The van der Waals surface area contributed by atoms with E-state index < -0.39 is 0 Å². The Kier molecular flexibility index (Phi) is 3.46. The molecule has 0 atom stereocenters. The van der Waals surface area contributed by atoms with Crippen LogP contribution >= 0.6 is 12.8 Å². The lowest BCUT2D eigenvalue weighted by atomic mass is 10.9. The maximum Gasteiger partial charge on any atom is 0.161 e. The van der Waals surface area contributed by atoms with Gasteiger partial charge in [-0.2, -0.15) is 0 Å². The number of aldehydes is 1. The van der Waals surface area contributed by atoms with Crippen molar-refractivity contribution in [2.24, 2.45) is 4.40 Å². The largest absolute Gasteiger partial charge is 0.297 e. The smallest absolute Gasteiger partial charge is 0.161 e. The summed E-state index contributed by atoms with van der Waals surface area (Å²) in [7, 11) is 0. The van der Waals surface area contributed by atoms with Gasteiger partial charge in [0, 0.05) is 0 Å². The summed E-state index contributed by atoms with van der Waals surface area (Å²) in [6.45, 7) is 0. The highest BCUT2D eigenvalue weighted by Crippen LogP contribution is 1.61. The van der Waals surface area contributed by atoms with Gasteiger partial charge in [0.1, 0.15) is 0 Å². The molecule has 0 bridgehead atoms. The summed E-state index contributed by atoms with van der Waals surface area (Å²) in [6, 6.07) is 0. The van der Waals surface area contributed by atoms with Crippen LogP contribution in [0.1, 0.15) is 0 Å². The Labute approximate surface area is 35.5 Å². The fourth-order valence-corrected chi connectivity index (χ4v) is 0.0816. The van der Waals surface area contributed by atoms with Gasteiger partial charge >= 0.3 is 0 Å². The van der Waals surface area contributed by atoms with Gasteiger partial charge < -0.3 is 0 Å². The molecular weight excluding hydrogens is 86.1 g/mol. The zero-order valence-corrected chi connectivity index (χ0v) is 3.35. The van der Waals surface area contributed by atoms with Crippen molar-refractivity contribution in [3.63, 3.8) is 0 Å². The minimum Gasteiger partial charge on any atom is -0.297 e. The Morgan fingerprint density at radius 3 is 2.40 bits per heavy atom. The van der Waals surface area contributed by atoms with E-state index in [2.05, 4.69) is 17.2 Å². The quantitative estimate of drug-likeness (QED) is 0.275. The molecule has 28 valence electrons. The molecule has 0 N–H and O–H groups in total. The van der Waals surface area contributed by atoms with E-state index in [4.69, 9.17) is 0 Å². The van der Waals surface area contributed by atoms with Gasteiger partial charge in [-0.3, -0.25) is 4.79 Å². The summed E-state index contributed by atoms with van der Waals surface area (Å²) in [5, 5.41) is 0. The third kappa shape index (κ3) is 3.69. The van der Waals surface area contributed by atoms with Crippen LogP contribution in [0.25, 0.3) is 0 Å². The van der Waals surface area contributed by atoms with Gasteiger partial charge in [-0.25, -0.2) is 4.40 Å². The van der Waals surface area contributed by atoms with Crippen LogP contribution in [0, 0.1) is 0 Å². The molecule has 0 amide bonds. The SMILES string of the molecule is O=CC=NS. The Balaban J connectivity index is 2.92. The van der Waals surface area contributed by atoms with Crippen LogP contribution in [0.5, 0.6) is 0 Å². The van der Waals surface area contributed by atoms with Gasteiger partial charge in [-0.05, 0) is 12.8 Å². The second kappa shape index (κ2) is 3.69. The number of thiol groups is 1. The van der Waals surface area contributed by atoms with Gasteiger partial charge in [-0.15, -0.1) is 0 Å². The van der Waals surface area contributed by atoms with E-state index in [1.54, 1.807) is 0 Å². The molecule has 0 unspecified atom stereocenters. The van der Waals surface area contributed by atoms with Gasteiger partial charge in [0.15, 0.2) is 6.29 Å². The average Bonchev–Trinajstić information content (AvgIpc) is 1.41. The summed E-state index contributed by atoms with van der Waals surface area (Å²) in [5.74, 6) is 0. The minimum atomic E-state index is 0.562. The van der Waals surface area contributed by atoms with E-state index >= 15 is 0 Å². The molecule has 0 aromatic heterocycles. The van der Waals surface area contributed by atoms with Gasteiger partial charge in [0.2, 0.25) is 0 Å². The minimum absolute atomic E-state index is 0.562. The number of carbonyl (C=O) groups excluding carboxylic acids is 1. The lowest BCUT2D eigenvalue weighted by Gasteiger charge is -1.52. The van der Waals surface area contributed by atoms with E-state index in [9.17, 15) is 4.79 Å². The summed E-state index contributed by atoms with van der Waals surface area (Å²) >= 11 is 3.34. The summed E-state index contributed by atoms with van der Waals surface area (Å²) in [5.41, 5.74) is 0. The first kappa shape index (κ1) is 4.69. The van der Waals surface area contributed by atoms with E-state index in [1.807, 2.05) is 0 Å². The maximum atomic E-state index is 9.21. The Morgan fingerprint density at radius 2 is 2.40 bits per heavy atom. The van der Waals surface area contributed by atoms with Gasteiger partial charge in [0.25, 0.3) is 0 Å². The highest BCUT2D eigenvalue weighted by Gasteiger charge is 1.49. The number of hydrogen-bond donors (Lipinski definition) is 1. The maximum absolute atomic E-state index is 9.21. The van der Waals surface area contributed by atoms with Crippen molar-refractivity contribution in [3.05, 3.63) is 0 Å². The molecule has 0 fully saturated rings. The lowest BCUT2D eigenvalue weighted by Crippen LogP contribution is -1.63. The predicted octanol–water partition coefficient (Wildman–Crippen LogP) is 0.101. The summed E-state index contributed by atoms with van der Waals surface area (Å²) in [4.78, 5) is 9.21. The number of rotatable bonds is 1. The fraction of sp³-hybridized carbons (Fsp3) is 0. The second-order valence-electron chi connectivity index (χ2n) is 0.401. The van der Waals surface area contributed by atoms with Crippen LogP contribution in [0.4, 0.5) is 0 Å². The Bertz CT molecular complexity index is 51.6. The van der Waals surface area contributed by atoms with Crippen LogP contribution in [0.15, 0.2) is 4.40 Å². The Hall–Kier alpha value is -0.310. The molecule has 0 saturated carbocycles. The number of nitrogens with zero attached hydrogens (tertiary/aromatic N) is 1. The molecule has 0 radical (unpaired) electrons. The second-order valence-corrected chi connectivity index (χ2v) is 0.632. The molecule has 0 rings (SSSR count). The van der Waals surface area contributed by atoms with E-state index in [0.29, 0.717) is 6.29 Å². The highest BCUT2D eigenvalue weighted by atomic mass is 32.1. The molecular formula is C2H3NOS. The molecule has 0 spiro atoms. The molecule has 3 heteroatoms. The number of carbonyl (C=O) groups is 1. The van der Waals surface area contributed by atoms with Crippen LogP contribution in [0.2, 0.25) is 0 Å². The topological polar surface area (TPSA) is 29.4 Å². The molecule has 0 aliphatic rings. The van der Waals surface area contributed by atoms with Crippen LogP contribution in [0.3, 0.4) is 0 Å². The van der Waals surface area contributed by atoms with Crippen molar-refractivity contribution >= 4 is 25.3 Å². The van der Waals surface area contributed by atoms with E-state index in [0.717, 1.165) is 6.21 Å². The van der Waals surface area contributed by atoms with E-state index in [-0.39, 0.29) is 0 Å². The first-order chi connectivity index (χ1) is 2.41. The molecule has 0 aromatic carbocycles. The standard InChI is InChI=1S/C2H3NOS/c4-2-1-3-5/h1-2,5H. The van der Waals surface area contributed by atoms with Crippen molar-refractivity contribution in [2.75, 3.05) is 0 Å². The molecule has 0 aliphatic heterocycles. The summed E-state index contributed by atoms with van der Waals surface area (Å²) < 4.78 is 3.06. The first-order valence-electron chi connectivity index (χ1n) is 1.03. The van der Waals surface area contributed by atoms with Crippen LogP contribution in [-0.4, -0.2) is 12.5 Å². The molecule has 0 aliphatic carbocycles. The highest BCUT2D eigenvalue weighted by molar-refractivity contribution is 7.79. The fourth-order valence-electron chi connectivity index (χ4n) is 0.0272. The average molecular weight is 89.1 g/mol. The molecule has 0 heterocycles. The lowest BCUT2D eigenvalue weighted by molar-refractivity contribution is -0.102. The predicted molar refractivity (Wildman–Crippen MR) is 23.5 cm³/mol. The monoisotopic (exact) mass is 89.0 g/mol. The van der Waals surface area contributed by atoms with Gasteiger partial charge in [0.05, 0.1) is 6.21 Å². The molecule has 0 aromatic rings. The molecule has 5 heavy (non-hydrogen) atoms. The number of hydrogen-bond acceptors (Lipinski definition) is 3. The Morgan fingerprint density at radius 1 is 1.80 bits per heavy atom. The molecule has 0 saturated heterocycles. The first-order valence-corrected chi connectivity index (χ1v) is 1.43. The zero-order chi connectivity index (χ0) is 4.12. The van der Waals surface area contributed by atoms with Crippen LogP contribution in [-0.2, 0) is 4.79 Å². The summed E-state index contributed by atoms with van der Waals surface area (Å²) in [6.07, 6.45) is 1.62. The van der Waals surface area contributed by atoms with Crippen LogP contribution < -0.4 is 0 Å². The van der Waals surface area contributed by atoms with Crippen molar-refractivity contribution in [1.82, 2.24) is 0 Å². The third-order valence-electron chi connectivity index (χ3n) is 0.128. The normalized spacial score (nSPS) is 9.00. The molecule has 2 nitrogen and oxygen atoms in total. The van der Waals surface area contributed by atoms with Crippen molar-refractivity contribution in [2.45, 2.75) is 0 Å². The zero-order valence-electron chi connectivity index (χ0n) is 2.46. The van der Waals surface area contributed by atoms with Gasteiger partial charge in [-0.1, -0.05) is 0 Å². The third-order valence-corrected chi connectivity index (χ3v) is 0.261.